The summed E-state index contributed by atoms with van der Waals surface area (Å²) in [7, 11) is 0. The molecule has 1 unspecified atom stereocenters. The van der Waals surface area contributed by atoms with E-state index < -0.39 is 0 Å². The molecule has 1 aromatic carbocycles. The van der Waals surface area contributed by atoms with Crippen LogP contribution < -0.4 is 10.6 Å². The summed E-state index contributed by atoms with van der Waals surface area (Å²) in [6.07, 6.45) is 3.71. The van der Waals surface area contributed by atoms with Gasteiger partial charge in [-0.3, -0.25) is 9.98 Å². The molecule has 0 fully saturated rings. The molecule has 0 aliphatic heterocycles. The molecule has 0 radical (unpaired) electrons. The van der Waals surface area contributed by atoms with Crippen LogP contribution in [0.15, 0.2) is 59.7 Å². The van der Waals surface area contributed by atoms with Gasteiger partial charge in [0, 0.05) is 44.6 Å². The minimum atomic E-state index is 0.116. The summed E-state index contributed by atoms with van der Waals surface area (Å²) in [5, 5.41) is 6.62. The molecule has 5 heteroatoms. The highest BCUT2D eigenvalue weighted by Gasteiger charge is 2.04. The van der Waals surface area contributed by atoms with Crippen LogP contribution in [-0.4, -0.2) is 37.2 Å². The summed E-state index contributed by atoms with van der Waals surface area (Å²) in [5.41, 5.74) is 2.29. The van der Waals surface area contributed by atoms with E-state index in [1.807, 2.05) is 42.6 Å². The number of nitrogens with one attached hydrogen (secondary N) is 2. The first-order valence-corrected chi connectivity index (χ1v) is 9.38. The van der Waals surface area contributed by atoms with Crippen molar-refractivity contribution in [2.75, 3.05) is 26.2 Å². The monoisotopic (exact) mass is 354 g/mol. The Bertz CT molecular complexity index is 631. The van der Waals surface area contributed by atoms with Crippen LogP contribution in [0.25, 0.3) is 0 Å². The van der Waals surface area contributed by atoms with Crippen molar-refractivity contribution >= 4 is 5.96 Å². The number of pyridine rings is 1. The molecule has 26 heavy (non-hydrogen) atoms. The van der Waals surface area contributed by atoms with Crippen LogP contribution in [0.2, 0.25) is 0 Å². The minimum absolute atomic E-state index is 0.116. The zero-order chi connectivity index (χ0) is 18.5. The van der Waals surface area contributed by atoms with Gasteiger partial charge in [-0.25, -0.2) is 0 Å². The zero-order valence-corrected chi connectivity index (χ0v) is 15.8. The van der Waals surface area contributed by atoms with Gasteiger partial charge in [-0.2, -0.15) is 0 Å². The van der Waals surface area contributed by atoms with Gasteiger partial charge in [0.1, 0.15) is 0 Å². The summed E-state index contributed by atoms with van der Waals surface area (Å²) < 4.78 is 5.89. The number of aromatic nitrogens is 1. The molecular weight excluding hydrogens is 324 g/mol. The summed E-state index contributed by atoms with van der Waals surface area (Å²) in [6, 6.07) is 16.3. The SMILES string of the molecule is CCNC(=NCCCOC(C)c1ccccc1)NCCc1ccccn1. The van der Waals surface area contributed by atoms with Crippen LogP contribution in [0.5, 0.6) is 0 Å². The maximum absolute atomic E-state index is 5.89. The van der Waals surface area contributed by atoms with Gasteiger partial charge in [0.15, 0.2) is 5.96 Å². The van der Waals surface area contributed by atoms with Gasteiger partial charge >= 0.3 is 0 Å². The largest absolute Gasteiger partial charge is 0.374 e. The lowest BCUT2D eigenvalue weighted by molar-refractivity contribution is 0.0652. The summed E-state index contributed by atoms with van der Waals surface area (Å²) in [5.74, 6) is 0.847. The predicted octanol–water partition coefficient (Wildman–Crippen LogP) is 3.35. The molecule has 2 rings (SSSR count). The first-order chi connectivity index (χ1) is 12.8. The maximum Gasteiger partial charge on any atom is 0.191 e. The molecule has 1 aromatic heterocycles. The van der Waals surface area contributed by atoms with Gasteiger partial charge in [-0.05, 0) is 38.0 Å². The van der Waals surface area contributed by atoms with Gasteiger partial charge in [-0.15, -0.1) is 0 Å². The third-order valence-electron chi connectivity index (χ3n) is 3.95. The third kappa shape index (κ3) is 7.66. The van der Waals surface area contributed by atoms with E-state index >= 15 is 0 Å². The van der Waals surface area contributed by atoms with Crippen molar-refractivity contribution in [2.45, 2.75) is 32.8 Å². The number of aliphatic imine (C=N–C) groups is 1. The van der Waals surface area contributed by atoms with Crippen molar-refractivity contribution in [1.29, 1.82) is 0 Å². The number of guanidine groups is 1. The second-order valence-electron chi connectivity index (χ2n) is 6.04. The van der Waals surface area contributed by atoms with Gasteiger partial charge in [0.05, 0.1) is 6.10 Å². The Morgan fingerprint density at radius 1 is 1.12 bits per heavy atom. The lowest BCUT2D eigenvalue weighted by Gasteiger charge is -2.13. The fraction of sp³-hybridized carbons (Fsp3) is 0.429. The Kier molecular flexibility index (Phi) is 9.22. The molecule has 0 saturated carbocycles. The Labute approximate surface area is 156 Å². The molecule has 140 valence electrons. The topological polar surface area (TPSA) is 58.5 Å². The van der Waals surface area contributed by atoms with E-state index in [0.29, 0.717) is 6.61 Å². The number of nitrogens with zero attached hydrogens (tertiary/aromatic N) is 2. The fourth-order valence-corrected chi connectivity index (χ4v) is 2.53. The van der Waals surface area contributed by atoms with Gasteiger partial charge in [0.25, 0.3) is 0 Å². The molecule has 5 nitrogen and oxygen atoms in total. The van der Waals surface area contributed by atoms with Crippen molar-refractivity contribution in [3.8, 4) is 0 Å². The average molecular weight is 354 g/mol. The first kappa shape index (κ1) is 19.9. The summed E-state index contributed by atoms with van der Waals surface area (Å²) in [4.78, 5) is 8.94. The normalized spacial score (nSPS) is 12.6. The van der Waals surface area contributed by atoms with Crippen LogP contribution in [0.3, 0.4) is 0 Å². The fourth-order valence-electron chi connectivity index (χ4n) is 2.53. The molecule has 0 spiro atoms. The molecule has 2 aromatic rings. The molecular formula is C21H30N4O. The number of rotatable bonds is 10. The summed E-state index contributed by atoms with van der Waals surface area (Å²) in [6.45, 7) is 7.25. The summed E-state index contributed by atoms with van der Waals surface area (Å²) >= 11 is 0. The molecule has 0 aliphatic carbocycles. The quantitative estimate of drug-likeness (QED) is 0.390. The van der Waals surface area contributed by atoms with Crippen molar-refractivity contribution < 1.29 is 4.74 Å². The van der Waals surface area contributed by atoms with Gasteiger partial charge in [-0.1, -0.05) is 36.4 Å². The molecule has 2 N–H and O–H groups in total. The van der Waals surface area contributed by atoms with E-state index in [9.17, 15) is 0 Å². The number of ether oxygens (including phenoxy) is 1. The lowest BCUT2D eigenvalue weighted by atomic mass is 10.1. The highest BCUT2D eigenvalue weighted by atomic mass is 16.5. The van der Waals surface area contributed by atoms with Crippen LogP contribution in [0.1, 0.15) is 37.6 Å². The van der Waals surface area contributed by atoms with Crippen molar-refractivity contribution in [2.24, 2.45) is 4.99 Å². The van der Waals surface area contributed by atoms with Gasteiger partial charge < -0.3 is 15.4 Å². The van der Waals surface area contributed by atoms with E-state index in [1.54, 1.807) is 0 Å². The van der Waals surface area contributed by atoms with Crippen LogP contribution in [0.4, 0.5) is 0 Å². The zero-order valence-electron chi connectivity index (χ0n) is 15.8. The highest BCUT2D eigenvalue weighted by molar-refractivity contribution is 5.79. The smallest absolute Gasteiger partial charge is 0.191 e. The Balaban J connectivity index is 1.66. The molecule has 0 aliphatic rings. The Morgan fingerprint density at radius 2 is 1.92 bits per heavy atom. The molecule has 0 bridgehead atoms. The van der Waals surface area contributed by atoms with Crippen LogP contribution >= 0.6 is 0 Å². The third-order valence-corrected chi connectivity index (χ3v) is 3.95. The molecule has 1 heterocycles. The first-order valence-electron chi connectivity index (χ1n) is 9.38. The average Bonchev–Trinajstić information content (AvgIpc) is 2.69. The number of benzene rings is 1. The van der Waals surface area contributed by atoms with Crippen molar-refractivity contribution in [3.63, 3.8) is 0 Å². The standard InChI is InChI=1S/C21H30N4O/c1-3-22-21(25-16-13-20-12-7-8-14-23-20)24-15-9-17-26-18(2)19-10-5-4-6-11-19/h4-8,10-12,14,18H,3,9,13,15-17H2,1-2H3,(H2,22,24,25). The number of hydrogen-bond acceptors (Lipinski definition) is 3. The van der Waals surface area contributed by atoms with E-state index in [2.05, 4.69) is 46.6 Å². The van der Waals surface area contributed by atoms with E-state index in [-0.39, 0.29) is 6.10 Å². The Hall–Kier alpha value is -2.40. The predicted molar refractivity (Wildman–Crippen MR) is 107 cm³/mol. The molecule has 0 saturated heterocycles. The molecule has 0 amide bonds. The van der Waals surface area contributed by atoms with E-state index in [1.165, 1.54) is 5.56 Å². The van der Waals surface area contributed by atoms with Gasteiger partial charge in [0.2, 0.25) is 0 Å². The second-order valence-corrected chi connectivity index (χ2v) is 6.04. The lowest BCUT2D eigenvalue weighted by Crippen LogP contribution is -2.38. The van der Waals surface area contributed by atoms with Crippen LogP contribution in [0, 0.1) is 0 Å². The second kappa shape index (κ2) is 12.0. The molecule has 1 atom stereocenters. The highest BCUT2D eigenvalue weighted by Crippen LogP contribution is 2.15. The van der Waals surface area contributed by atoms with E-state index in [4.69, 9.17) is 4.74 Å². The minimum Gasteiger partial charge on any atom is -0.374 e. The van der Waals surface area contributed by atoms with Crippen molar-refractivity contribution in [1.82, 2.24) is 15.6 Å². The number of hydrogen-bond donors (Lipinski definition) is 2. The maximum atomic E-state index is 5.89. The van der Waals surface area contributed by atoms with Crippen LogP contribution in [-0.2, 0) is 11.2 Å². The van der Waals surface area contributed by atoms with E-state index in [0.717, 1.165) is 44.1 Å². The van der Waals surface area contributed by atoms with Crippen molar-refractivity contribution in [3.05, 3.63) is 66.0 Å². The Morgan fingerprint density at radius 3 is 2.65 bits per heavy atom.